The van der Waals surface area contributed by atoms with Gasteiger partial charge in [0.05, 0.1) is 21.2 Å². The average molecular weight is 540 g/mol. The number of amides is 1. The number of halogens is 1. The largest absolute Gasteiger partial charge is 0.355 e. The molecule has 0 unspecified atom stereocenters. The van der Waals surface area contributed by atoms with Gasteiger partial charge in [-0.2, -0.15) is 0 Å². The second-order valence-electron chi connectivity index (χ2n) is 10.3. The zero-order valence-corrected chi connectivity index (χ0v) is 22.8. The molecule has 6 rings (SSSR count). The van der Waals surface area contributed by atoms with Crippen LogP contribution in [0.2, 0.25) is 0 Å². The summed E-state index contributed by atoms with van der Waals surface area (Å²) in [5, 5.41) is 4.42. The summed E-state index contributed by atoms with van der Waals surface area (Å²) in [5.74, 6) is -0.0220. The first kappa shape index (κ1) is 25.4. The Bertz CT molecular complexity index is 1660. The van der Waals surface area contributed by atoms with Crippen molar-refractivity contribution in [3.8, 4) is 11.1 Å². The second kappa shape index (κ2) is 10.7. The second-order valence-corrected chi connectivity index (χ2v) is 11.2. The van der Waals surface area contributed by atoms with Gasteiger partial charge in [-0.05, 0) is 53.6 Å². The summed E-state index contributed by atoms with van der Waals surface area (Å²) in [5.41, 5.74) is 7.79. The maximum absolute atomic E-state index is 15.4. The highest BCUT2D eigenvalue weighted by molar-refractivity contribution is 7.16. The number of pyridine rings is 1. The molecule has 6 nitrogen and oxygen atoms in total. The number of nitrogens with one attached hydrogen (secondary N) is 1. The molecule has 0 atom stereocenters. The minimum absolute atomic E-state index is 0.0174. The van der Waals surface area contributed by atoms with Crippen molar-refractivity contribution in [3.05, 3.63) is 83.8 Å². The quantitative estimate of drug-likeness (QED) is 0.260. The monoisotopic (exact) mass is 539 g/mol. The third-order valence-corrected chi connectivity index (χ3v) is 8.09. The van der Waals surface area contributed by atoms with E-state index in [0.29, 0.717) is 12.1 Å². The Kier molecular flexibility index (Phi) is 6.97. The van der Waals surface area contributed by atoms with E-state index in [4.69, 9.17) is 0 Å². The Morgan fingerprint density at radius 2 is 1.82 bits per heavy atom. The van der Waals surface area contributed by atoms with E-state index in [9.17, 15) is 4.79 Å². The van der Waals surface area contributed by atoms with E-state index in [1.807, 2.05) is 72.8 Å². The van der Waals surface area contributed by atoms with Gasteiger partial charge < -0.3 is 10.2 Å². The lowest BCUT2D eigenvalue weighted by Gasteiger charge is -2.35. The molecule has 1 aliphatic rings. The van der Waals surface area contributed by atoms with Crippen LogP contribution in [0.1, 0.15) is 19.4 Å². The molecule has 8 heteroatoms. The number of rotatable bonds is 6. The number of hydrogen-bond acceptors (Lipinski definition) is 6. The number of aromatic nitrogens is 2. The number of nitrogens with zero attached hydrogens (tertiary/aromatic N) is 4. The lowest BCUT2D eigenvalue weighted by atomic mass is 10.00. The highest BCUT2D eigenvalue weighted by atomic mass is 32.1. The van der Waals surface area contributed by atoms with Crippen molar-refractivity contribution in [1.29, 1.82) is 0 Å². The smallest absolute Gasteiger partial charge is 0.225 e. The summed E-state index contributed by atoms with van der Waals surface area (Å²) in [6, 6.07) is 19.4. The van der Waals surface area contributed by atoms with Gasteiger partial charge in [-0.1, -0.05) is 32.0 Å². The van der Waals surface area contributed by atoms with Gasteiger partial charge in [0, 0.05) is 67.2 Å². The zero-order valence-electron chi connectivity index (χ0n) is 22.0. The maximum atomic E-state index is 15.4. The van der Waals surface area contributed by atoms with Crippen molar-refractivity contribution in [3.63, 3.8) is 0 Å². The van der Waals surface area contributed by atoms with Crippen molar-refractivity contribution in [2.24, 2.45) is 5.92 Å². The highest BCUT2D eigenvalue weighted by Gasteiger charge is 2.23. The first-order valence-corrected chi connectivity index (χ1v) is 14.1. The van der Waals surface area contributed by atoms with Gasteiger partial charge in [0.15, 0.2) is 0 Å². The molecule has 39 heavy (non-hydrogen) atoms. The molecule has 1 fully saturated rings. The topological polar surface area (TPSA) is 61.4 Å². The molecule has 0 saturated carbocycles. The van der Waals surface area contributed by atoms with Gasteiger partial charge in [0.25, 0.3) is 0 Å². The fourth-order valence-electron chi connectivity index (χ4n) is 5.15. The van der Waals surface area contributed by atoms with Crippen LogP contribution in [0.15, 0.2) is 72.4 Å². The predicted molar refractivity (Wildman–Crippen MR) is 157 cm³/mol. The molecule has 0 bridgehead atoms. The van der Waals surface area contributed by atoms with Crippen molar-refractivity contribution in [2.45, 2.75) is 20.4 Å². The van der Waals surface area contributed by atoms with Crippen LogP contribution >= 0.6 is 11.3 Å². The van der Waals surface area contributed by atoms with E-state index in [2.05, 4.69) is 26.3 Å². The Balaban J connectivity index is 1.20. The lowest BCUT2D eigenvalue weighted by molar-refractivity contribution is -0.136. The molecular formula is C31H30FN5OS. The van der Waals surface area contributed by atoms with Gasteiger partial charge in [-0.15, -0.1) is 11.3 Å². The number of carbonyl (C=O) groups is 1. The van der Waals surface area contributed by atoms with Crippen LogP contribution in [0.25, 0.3) is 32.2 Å². The molecule has 0 radical (unpaired) electrons. The fraction of sp³-hybridized carbons (Fsp3) is 0.258. The third-order valence-electron chi connectivity index (χ3n) is 7.28. The Morgan fingerprint density at radius 1 is 0.974 bits per heavy atom. The number of fused-ring (bicyclic) bond motifs is 2. The molecule has 1 amide bonds. The number of hydrogen-bond donors (Lipinski definition) is 1. The molecule has 0 aliphatic carbocycles. The summed E-state index contributed by atoms with van der Waals surface area (Å²) >= 11 is 1.62. The Labute approximate surface area is 231 Å². The number of piperazine rings is 1. The maximum Gasteiger partial charge on any atom is 0.225 e. The molecule has 2 aromatic heterocycles. The van der Waals surface area contributed by atoms with E-state index in [1.54, 1.807) is 23.6 Å². The minimum Gasteiger partial charge on any atom is -0.355 e. The highest BCUT2D eigenvalue weighted by Crippen LogP contribution is 2.32. The van der Waals surface area contributed by atoms with Crippen LogP contribution in [-0.4, -0.2) is 51.9 Å². The molecule has 5 aromatic rings. The van der Waals surface area contributed by atoms with Gasteiger partial charge in [0.1, 0.15) is 5.82 Å². The molecule has 3 heterocycles. The number of carbonyl (C=O) groups excluding carboxylic acids is 1. The number of anilines is 2. The summed E-state index contributed by atoms with van der Waals surface area (Å²) in [7, 11) is 0. The first-order valence-electron chi connectivity index (χ1n) is 13.2. The molecule has 198 valence electrons. The Hall–Kier alpha value is -3.88. The van der Waals surface area contributed by atoms with Crippen molar-refractivity contribution in [1.82, 2.24) is 19.8 Å². The molecular weight excluding hydrogens is 509 g/mol. The van der Waals surface area contributed by atoms with Crippen LogP contribution in [0.3, 0.4) is 0 Å². The predicted octanol–water partition coefficient (Wildman–Crippen LogP) is 6.69. The lowest BCUT2D eigenvalue weighted by Crippen LogP contribution is -2.49. The fourth-order valence-corrected chi connectivity index (χ4v) is 5.81. The summed E-state index contributed by atoms with van der Waals surface area (Å²) in [4.78, 5) is 25.4. The average Bonchev–Trinajstić information content (AvgIpc) is 3.41. The number of thiazole rings is 1. The van der Waals surface area contributed by atoms with E-state index < -0.39 is 0 Å². The van der Waals surface area contributed by atoms with Gasteiger partial charge >= 0.3 is 0 Å². The zero-order chi connectivity index (χ0) is 26.9. The van der Waals surface area contributed by atoms with Gasteiger partial charge in [0.2, 0.25) is 5.91 Å². The SMILES string of the molecule is CC(C)C(=O)N1CCN(Cc2ccc(-c3ccc4nccc(Nc5ccc6scnc6c5)c4c3)c(F)c2)CC1. The minimum atomic E-state index is -0.243. The van der Waals surface area contributed by atoms with Crippen molar-refractivity contribution < 1.29 is 9.18 Å². The van der Waals surface area contributed by atoms with Crippen LogP contribution in [0.5, 0.6) is 0 Å². The molecule has 3 aromatic carbocycles. The summed E-state index contributed by atoms with van der Waals surface area (Å²) in [6.07, 6.45) is 1.78. The first-order chi connectivity index (χ1) is 18.9. The molecule has 1 N–H and O–H groups in total. The molecule has 0 spiro atoms. The molecule has 1 saturated heterocycles. The van der Waals surface area contributed by atoms with Crippen LogP contribution in [0.4, 0.5) is 15.8 Å². The standard InChI is InChI=1S/C31H30FN5OS/c1-20(2)31(38)37-13-11-36(12-14-37)18-21-3-6-24(26(32)15-21)22-4-7-27-25(16-22)28(9-10-33-27)35-23-5-8-30-29(17-23)34-19-39-30/h3-10,15-17,19-20H,11-14,18H2,1-2H3,(H,33,35). The summed E-state index contributed by atoms with van der Waals surface area (Å²) in [6.45, 7) is 7.57. The van der Waals surface area contributed by atoms with E-state index in [1.165, 1.54) is 0 Å². The number of benzene rings is 3. The van der Waals surface area contributed by atoms with E-state index in [-0.39, 0.29) is 17.6 Å². The Morgan fingerprint density at radius 3 is 2.62 bits per heavy atom. The molecule has 1 aliphatic heterocycles. The van der Waals surface area contributed by atoms with Gasteiger partial charge in [-0.25, -0.2) is 9.37 Å². The van der Waals surface area contributed by atoms with Crippen molar-refractivity contribution >= 4 is 49.7 Å². The van der Waals surface area contributed by atoms with Crippen LogP contribution in [0, 0.1) is 11.7 Å². The summed E-state index contributed by atoms with van der Waals surface area (Å²) < 4.78 is 16.5. The normalized spacial score (nSPS) is 14.4. The van der Waals surface area contributed by atoms with Crippen LogP contribution in [-0.2, 0) is 11.3 Å². The third kappa shape index (κ3) is 5.35. The van der Waals surface area contributed by atoms with Gasteiger partial charge in [-0.3, -0.25) is 14.7 Å². The van der Waals surface area contributed by atoms with E-state index >= 15 is 4.39 Å². The van der Waals surface area contributed by atoms with Crippen LogP contribution < -0.4 is 5.32 Å². The van der Waals surface area contributed by atoms with Crippen molar-refractivity contribution in [2.75, 3.05) is 31.5 Å². The van der Waals surface area contributed by atoms with E-state index in [0.717, 1.165) is 69.8 Å².